The number of halogens is 1. The topological polar surface area (TPSA) is 280 Å². The van der Waals surface area contributed by atoms with Gasteiger partial charge < -0.3 is 31.3 Å². The fraction of sp³-hybridized carbons (Fsp3) is 0.138. The molecule has 5 N–H and O–H groups in total. The molecule has 0 bridgehead atoms. The molecule has 147 heavy (non-hydrogen) atoms. The number of hydrogen-bond donors (Lipinski definition) is 5. The van der Waals surface area contributed by atoms with Gasteiger partial charge in [0.2, 0.25) is 29.7 Å². The van der Waals surface area contributed by atoms with Gasteiger partial charge in [-0.25, -0.2) is 29.7 Å². The molecule has 0 radical (unpaired) electrons. The third-order valence-electron chi connectivity index (χ3n) is 23.1. The number of esters is 1. The molecule has 0 aliphatic rings. The number of rotatable bonds is 34. The molecule has 0 spiro atoms. The zero-order valence-electron chi connectivity index (χ0n) is 82.6. The highest BCUT2D eigenvalue weighted by atomic mass is 35.5. The number of nitrogens with zero attached hydrogens (tertiary/aromatic N) is 15. The Morgan fingerprint density at radius 2 is 0.517 bits per heavy atom. The maximum atomic E-state index is 12.4. The number of aromatic nitrogens is 15. The van der Waals surface area contributed by atoms with Crippen LogP contribution in [0.2, 0.25) is 5.02 Å². The molecule has 0 saturated carbocycles. The molecular formula is C123H113ClN20O2S. The molecule has 15 aromatic carbocycles. The highest BCUT2D eigenvalue weighted by Gasteiger charge is 2.20. The molecule has 20 aromatic rings. The second kappa shape index (κ2) is 54.1. The van der Waals surface area contributed by atoms with E-state index in [0.717, 1.165) is 98.0 Å². The predicted octanol–water partition coefficient (Wildman–Crippen LogP) is 26.7. The first kappa shape index (κ1) is 102. The summed E-state index contributed by atoms with van der Waals surface area (Å²) in [6.45, 7) is 8.42. The number of benzene rings is 15. The second-order valence-corrected chi connectivity index (χ2v) is 35.8. The standard InChI is InChI=1S/C26H24N4O2.2C25H24N4.C24H22N4S.C23H19ClN4/c1-2-32-25(31)21-15-9-10-16-22(21)27-26-29-23(17-19-11-5-3-6-12-19)28-24(30-26)18-20-13-7-4-8-14-20;1-18-13-14-22(19(2)15-18)26-25-28-23(16-20-9-5-3-6-10-20)27-24(29-25)17-21-11-7-4-8-12-21;1-2-21-15-9-10-16-22(21)26-25-28-23(17-19-11-5-3-6-12-19)27-24(29-25)18-20-13-7-4-8-14-20;1-29-21-14-8-13-20(17-21)25-24-27-22(15-18-9-4-2-5-10-18)26-23(28-24)16-19-11-6-3-7-12-19;24-19-13-7-8-14-20(19)25-23-27-21(15-17-9-3-1-4-10-17)26-22(28-23)16-18-11-5-2-6-12-18/h3-16H,2,17-18H2,1H3,(H,27,28,29,30);3-15H,16-17H2,1-2H3,(H,26,27,28,29);3-16H,2,17-18H2,1H3,(H,26,27,28,29);2-14,17H,15-16H2,1H3,(H,25,26,27,28);1-14H,15-16H2,(H,25,26,27,28). The van der Waals surface area contributed by atoms with Crippen LogP contribution in [0.1, 0.15) is 155 Å². The summed E-state index contributed by atoms with van der Waals surface area (Å²) in [5.74, 6) is 9.64. The van der Waals surface area contributed by atoms with Crippen molar-refractivity contribution in [2.75, 3.05) is 39.4 Å². The minimum atomic E-state index is -0.390. The first-order chi connectivity index (χ1) is 72.2. The molecule has 22 nitrogen and oxygen atoms in total. The normalized spacial score (nSPS) is 10.6. The Morgan fingerprint density at radius 3 is 0.810 bits per heavy atom. The number of hydrogen-bond acceptors (Lipinski definition) is 23. The highest BCUT2D eigenvalue weighted by Crippen LogP contribution is 2.30. The fourth-order valence-corrected chi connectivity index (χ4v) is 16.6. The number of para-hydroxylation sites is 3. The number of thioether (sulfide) groups is 1. The van der Waals surface area contributed by atoms with Gasteiger partial charge in [0.05, 0.1) is 28.6 Å². The second-order valence-electron chi connectivity index (χ2n) is 34.5. The summed E-state index contributed by atoms with van der Waals surface area (Å²) in [5, 5.41) is 17.2. The van der Waals surface area contributed by atoms with Crippen LogP contribution in [0.3, 0.4) is 0 Å². The van der Waals surface area contributed by atoms with Crippen molar-refractivity contribution in [2.45, 2.75) is 103 Å². The van der Waals surface area contributed by atoms with Crippen molar-refractivity contribution in [1.82, 2.24) is 74.8 Å². The Balaban J connectivity index is 0.000000131. The zero-order chi connectivity index (χ0) is 101. The van der Waals surface area contributed by atoms with E-state index in [4.69, 9.17) is 61.2 Å². The van der Waals surface area contributed by atoms with Gasteiger partial charge >= 0.3 is 5.97 Å². The summed E-state index contributed by atoms with van der Waals surface area (Å²) in [4.78, 5) is 83.8. The Kier molecular flexibility index (Phi) is 37.7. The van der Waals surface area contributed by atoms with Crippen molar-refractivity contribution in [1.29, 1.82) is 0 Å². The molecule has 20 rings (SSSR count). The molecule has 0 unspecified atom stereocenters. The molecule has 5 heterocycles. The maximum Gasteiger partial charge on any atom is 0.340 e. The van der Waals surface area contributed by atoms with Crippen molar-refractivity contribution in [3.05, 3.63) is 560 Å². The zero-order valence-corrected chi connectivity index (χ0v) is 84.2. The van der Waals surface area contributed by atoms with E-state index in [1.165, 1.54) is 55.0 Å². The smallest absolute Gasteiger partial charge is 0.340 e. The number of anilines is 10. The third-order valence-corrected chi connectivity index (χ3v) is 24.1. The summed E-state index contributed by atoms with van der Waals surface area (Å²) in [7, 11) is 0. The molecule has 0 saturated heterocycles. The first-order valence-electron chi connectivity index (χ1n) is 48.9. The van der Waals surface area contributed by atoms with Crippen LogP contribution in [0.4, 0.5) is 58.2 Å². The van der Waals surface area contributed by atoms with Gasteiger partial charge in [0.15, 0.2) is 0 Å². The molecule has 0 amide bonds. The summed E-state index contributed by atoms with van der Waals surface area (Å²) in [6.07, 6.45) is 9.50. The lowest BCUT2D eigenvalue weighted by Crippen LogP contribution is -2.11. The number of carbonyl (C=O) groups excluding carboxylic acids is 1. The van der Waals surface area contributed by atoms with E-state index >= 15 is 0 Å². The fourth-order valence-electron chi connectivity index (χ4n) is 16.0. The molecule has 0 aliphatic heterocycles. The van der Waals surface area contributed by atoms with E-state index in [0.29, 0.717) is 128 Å². The Bertz CT molecular complexity index is 7250. The number of nitrogens with one attached hydrogen (secondary N) is 5. The minimum absolute atomic E-state index is 0.307. The average molecular weight is 1970 g/mol. The van der Waals surface area contributed by atoms with Gasteiger partial charge in [-0.05, 0) is 155 Å². The van der Waals surface area contributed by atoms with E-state index < -0.39 is 5.97 Å². The molecule has 5 aromatic heterocycles. The van der Waals surface area contributed by atoms with Crippen LogP contribution < -0.4 is 26.6 Å². The van der Waals surface area contributed by atoms with Crippen LogP contribution in [0.15, 0.2) is 423 Å². The van der Waals surface area contributed by atoms with Crippen LogP contribution >= 0.6 is 23.4 Å². The lowest BCUT2D eigenvalue weighted by atomic mass is 10.1. The third kappa shape index (κ3) is 33.0. The van der Waals surface area contributed by atoms with Gasteiger partial charge in [-0.1, -0.05) is 388 Å². The summed E-state index contributed by atoms with van der Waals surface area (Å²) in [5.41, 5.74) is 20.1. The molecule has 24 heteroatoms. The van der Waals surface area contributed by atoms with Crippen molar-refractivity contribution in [3.8, 4) is 0 Å². The van der Waals surface area contributed by atoms with Gasteiger partial charge in [0, 0.05) is 86.2 Å². The van der Waals surface area contributed by atoms with Crippen LogP contribution in [0, 0.1) is 13.8 Å². The maximum absolute atomic E-state index is 12.4. The van der Waals surface area contributed by atoms with Crippen LogP contribution in [-0.2, 0) is 75.4 Å². The van der Waals surface area contributed by atoms with E-state index in [1.807, 2.05) is 261 Å². The minimum Gasteiger partial charge on any atom is -0.462 e. The predicted molar refractivity (Wildman–Crippen MR) is 592 cm³/mol. The van der Waals surface area contributed by atoms with Crippen LogP contribution in [-0.4, -0.2) is 93.6 Å². The highest BCUT2D eigenvalue weighted by molar-refractivity contribution is 7.98. The van der Waals surface area contributed by atoms with Gasteiger partial charge in [-0.15, -0.1) is 11.8 Å². The van der Waals surface area contributed by atoms with Gasteiger partial charge in [0.1, 0.15) is 58.2 Å². The van der Waals surface area contributed by atoms with E-state index in [2.05, 4.69) is 229 Å². The average Bonchev–Trinajstić information content (AvgIpc) is 1.18. The number of ether oxygens (including phenoxy) is 1. The molecule has 0 fully saturated rings. The van der Waals surface area contributed by atoms with Crippen molar-refractivity contribution >= 4 is 87.5 Å². The van der Waals surface area contributed by atoms with Crippen molar-refractivity contribution in [3.63, 3.8) is 0 Å². The van der Waals surface area contributed by atoms with Crippen LogP contribution in [0.25, 0.3) is 0 Å². The number of aryl methyl sites for hydroxylation is 3. The quantitative estimate of drug-likeness (QED) is 0.0185. The monoisotopic (exact) mass is 1970 g/mol. The molecule has 730 valence electrons. The van der Waals surface area contributed by atoms with Crippen LogP contribution in [0.5, 0.6) is 0 Å². The molecule has 0 atom stereocenters. The SMILES string of the molecule is CCOC(=O)c1ccccc1Nc1nc(Cc2ccccc2)nc(Cc2ccccc2)n1.CCc1ccccc1Nc1nc(Cc2ccccc2)nc(Cc2ccccc2)n1.CSc1cccc(Nc2nc(Cc3ccccc3)nc(Cc3ccccc3)n2)c1.Cc1ccc(Nc2nc(Cc3ccccc3)nc(Cc3ccccc3)n2)c(C)c1.Clc1ccccc1Nc1nc(Cc2ccccc2)nc(Cc2ccccc2)n1. The van der Waals surface area contributed by atoms with E-state index in [1.54, 1.807) is 30.8 Å². The molecule has 0 aliphatic carbocycles. The van der Waals surface area contributed by atoms with E-state index in [9.17, 15) is 4.79 Å². The molecular weight excluding hydrogens is 1860 g/mol. The largest absolute Gasteiger partial charge is 0.462 e. The van der Waals surface area contributed by atoms with Crippen molar-refractivity contribution < 1.29 is 9.53 Å². The summed E-state index contributed by atoms with van der Waals surface area (Å²) < 4.78 is 5.18. The van der Waals surface area contributed by atoms with Crippen molar-refractivity contribution in [2.24, 2.45) is 0 Å². The lowest BCUT2D eigenvalue weighted by molar-refractivity contribution is 0.0527. The Labute approximate surface area is 868 Å². The Morgan fingerprint density at radius 1 is 0.259 bits per heavy atom. The summed E-state index contributed by atoms with van der Waals surface area (Å²) in [6, 6.07) is 140. The van der Waals surface area contributed by atoms with Gasteiger partial charge in [-0.2, -0.15) is 49.8 Å². The number of carbonyl (C=O) groups is 1. The Hall–Kier alpha value is -17.5. The summed E-state index contributed by atoms with van der Waals surface area (Å²) >= 11 is 7.99. The van der Waals surface area contributed by atoms with Gasteiger partial charge in [-0.3, -0.25) is 0 Å². The van der Waals surface area contributed by atoms with E-state index in [-0.39, 0.29) is 0 Å². The lowest BCUT2D eigenvalue weighted by Gasteiger charge is -2.12. The first-order valence-corrected chi connectivity index (χ1v) is 50.5. The van der Waals surface area contributed by atoms with Gasteiger partial charge in [0.25, 0.3) is 0 Å².